The SMILES string of the molecule is CNC(=O)c1ccc(O)cc1N1CC(O)C(NC2CCN(Cc3ccc(Cl)cc3)CC2)C1. The van der Waals surface area contributed by atoms with Crippen molar-refractivity contribution < 1.29 is 15.0 Å². The number of nitrogens with zero attached hydrogens (tertiary/aromatic N) is 2. The van der Waals surface area contributed by atoms with Crippen LogP contribution in [0.15, 0.2) is 42.5 Å². The van der Waals surface area contributed by atoms with Gasteiger partial charge < -0.3 is 25.7 Å². The van der Waals surface area contributed by atoms with Crippen LogP contribution in [0.3, 0.4) is 0 Å². The summed E-state index contributed by atoms with van der Waals surface area (Å²) in [6.45, 7) is 3.92. The molecule has 0 aromatic heterocycles. The van der Waals surface area contributed by atoms with Crippen molar-refractivity contribution in [2.45, 2.75) is 37.6 Å². The predicted octanol–water partition coefficient (Wildman–Crippen LogP) is 2.21. The summed E-state index contributed by atoms with van der Waals surface area (Å²) in [4.78, 5) is 16.7. The number of aliphatic hydroxyl groups is 1. The molecule has 2 unspecified atom stereocenters. The van der Waals surface area contributed by atoms with Crippen molar-refractivity contribution in [2.75, 3.05) is 38.1 Å². The number of hydrogen-bond acceptors (Lipinski definition) is 6. The van der Waals surface area contributed by atoms with Crippen LogP contribution in [0.4, 0.5) is 5.69 Å². The molecule has 2 aromatic rings. The van der Waals surface area contributed by atoms with Crippen LogP contribution in [-0.4, -0.2) is 72.4 Å². The van der Waals surface area contributed by atoms with Crippen molar-refractivity contribution in [1.29, 1.82) is 0 Å². The van der Waals surface area contributed by atoms with Gasteiger partial charge in [-0.05, 0) is 55.8 Å². The Morgan fingerprint density at radius 1 is 1.12 bits per heavy atom. The van der Waals surface area contributed by atoms with Crippen molar-refractivity contribution in [1.82, 2.24) is 15.5 Å². The highest BCUT2D eigenvalue weighted by Crippen LogP contribution is 2.29. The van der Waals surface area contributed by atoms with Crippen LogP contribution in [0.1, 0.15) is 28.8 Å². The second kappa shape index (κ2) is 10.1. The van der Waals surface area contributed by atoms with E-state index < -0.39 is 6.10 Å². The van der Waals surface area contributed by atoms with Gasteiger partial charge in [-0.15, -0.1) is 0 Å². The van der Waals surface area contributed by atoms with E-state index in [1.165, 1.54) is 11.6 Å². The Hall–Kier alpha value is -2.32. The fourth-order valence-corrected chi connectivity index (χ4v) is 4.79. The normalized spacial score (nSPS) is 22.3. The number of phenols is 1. The maximum absolute atomic E-state index is 12.3. The number of nitrogens with one attached hydrogen (secondary N) is 2. The first-order valence-corrected chi connectivity index (χ1v) is 11.5. The molecule has 2 heterocycles. The lowest BCUT2D eigenvalue weighted by atomic mass is 10.0. The molecule has 8 heteroatoms. The molecule has 32 heavy (non-hydrogen) atoms. The van der Waals surface area contributed by atoms with Gasteiger partial charge in [0.1, 0.15) is 5.75 Å². The molecule has 4 N–H and O–H groups in total. The number of anilines is 1. The minimum Gasteiger partial charge on any atom is -0.508 e. The standard InChI is InChI=1S/C24H31ClN4O3/c1-26-24(32)20-7-6-19(30)12-22(20)29-14-21(23(31)15-29)27-18-8-10-28(11-9-18)13-16-2-4-17(25)5-3-16/h2-7,12,18,21,23,27,30-31H,8-11,13-15H2,1H3,(H,26,32). The highest BCUT2D eigenvalue weighted by molar-refractivity contribution is 6.30. The van der Waals surface area contributed by atoms with Crippen molar-refractivity contribution in [2.24, 2.45) is 0 Å². The van der Waals surface area contributed by atoms with Gasteiger partial charge in [-0.2, -0.15) is 0 Å². The topological polar surface area (TPSA) is 88.1 Å². The zero-order valence-corrected chi connectivity index (χ0v) is 19.1. The fourth-order valence-electron chi connectivity index (χ4n) is 4.66. The fraction of sp³-hybridized carbons (Fsp3) is 0.458. The van der Waals surface area contributed by atoms with Crippen LogP contribution in [0.25, 0.3) is 0 Å². The zero-order chi connectivity index (χ0) is 22.7. The number of hydrogen-bond donors (Lipinski definition) is 4. The molecule has 0 aliphatic carbocycles. The van der Waals surface area contributed by atoms with Gasteiger partial charge in [0.25, 0.3) is 5.91 Å². The van der Waals surface area contributed by atoms with E-state index in [0.29, 0.717) is 30.4 Å². The van der Waals surface area contributed by atoms with E-state index in [9.17, 15) is 15.0 Å². The quantitative estimate of drug-likeness (QED) is 0.531. The predicted molar refractivity (Wildman–Crippen MR) is 126 cm³/mol. The van der Waals surface area contributed by atoms with Crippen molar-refractivity contribution in [3.8, 4) is 5.75 Å². The number of amides is 1. The van der Waals surface area contributed by atoms with Crippen LogP contribution in [0.2, 0.25) is 5.02 Å². The summed E-state index contributed by atoms with van der Waals surface area (Å²) in [5.74, 6) is -0.106. The van der Waals surface area contributed by atoms with Crippen molar-refractivity contribution in [3.05, 3.63) is 58.6 Å². The molecule has 2 aliphatic heterocycles. The van der Waals surface area contributed by atoms with E-state index >= 15 is 0 Å². The van der Waals surface area contributed by atoms with Gasteiger partial charge in [0, 0.05) is 43.8 Å². The third-order valence-corrected chi connectivity index (χ3v) is 6.69. The number of halogens is 1. The van der Waals surface area contributed by atoms with Crippen LogP contribution >= 0.6 is 11.6 Å². The minimum atomic E-state index is -0.540. The number of carbonyl (C=O) groups excluding carboxylic acids is 1. The number of β-amino-alcohol motifs (C(OH)–C–C–N with tert-alkyl or cyclic N) is 1. The number of piperidine rings is 1. The molecule has 1 amide bonds. The van der Waals surface area contributed by atoms with E-state index in [1.807, 2.05) is 17.0 Å². The van der Waals surface area contributed by atoms with E-state index in [-0.39, 0.29) is 17.7 Å². The number of phenolic OH excluding ortho intramolecular Hbond substituents is 1. The molecule has 0 bridgehead atoms. The second-order valence-corrected chi connectivity index (χ2v) is 9.14. The maximum Gasteiger partial charge on any atom is 0.253 e. The Kier molecular flexibility index (Phi) is 7.20. The van der Waals surface area contributed by atoms with Crippen LogP contribution in [0.5, 0.6) is 5.75 Å². The van der Waals surface area contributed by atoms with Crippen LogP contribution < -0.4 is 15.5 Å². The third-order valence-electron chi connectivity index (χ3n) is 6.44. The average molecular weight is 459 g/mol. The van der Waals surface area contributed by atoms with Gasteiger partial charge in [0.05, 0.1) is 23.4 Å². The molecule has 2 fully saturated rings. The number of benzene rings is 2. The molecule has 0 spiro atoms. The third kappa shape index (κ3) is 5.35. The van der Waals surface area contributed by atoms with E-state index in [1.54, 1.807) is 19.2 Å². The molecule has 4 rings (SSSR count). The zero-order valence-electron chi connectivity index (χ0n) is 18.3. The highest BCUT2D eigenvalue weighted by Gasteiger charge is 2.35. The molecule has 2 aliphatic rings. The number of aromatic hydroxyl groups is 1. The summed E-state index contributed by atoms with van der Waals surface area (Å²) in [5.41, 5.74) is 2.40. The minimum absolute atomic E-state index is 0.0808. The average Bonchev–Trinajstić information content (AvgIpc) is 3.16. The Bertz CT molecular complexity index is 931. The summed E-state index contributed by atoms with van der Waals surface area (Å²) in [7, 11) is 1.58. The summed E-state index contributed by atoms with van der Waals surface area (Å²) in [5, 5.41) is 27.7. The molecule has 7 nitrogen and oxygen atoms in total. The first-order valence-electron chi connectivity index (χ1n) is 11.1. The Balaban J connectivity index is 1.32. The first kappa shape index (κ1) is 22.9. The lowest BCUT2D eigenvalue weighted by molar-refractivity contribution is 0.0963. The first-order chi connectivity index (χ1) is 15.4. The number of rotatable bonds is 6. The van der Waals surface area contributed by atoms with Gasteiger partial charge in [-0.1, -0.05) is 23.7 Å². The Morgan fingerprint density at radius 2 is 1.84 bits per heavy atom. The number of aliphatic hydroxyl groups excluding tert-OH is 1. The summed E-state index contributed by atoms with van der Waals surface area (Å²) < 4.78 is 0. The van der Waals surface area contributed by atoms with Gasteiger partial charge in [-0.3, -0.25) is 9.69 Å². The molecule has 0 radical (unpaired) electrons. The van der Waals surface area contributed by atoms with Gasteiger partial charge in [0.2, 0.25) is 0 Å². The lowest BCUT2D eigenvalue weighted by Crippen LogP contribution is -2.49. The summed E-state index contributed by atoms with van der Waals surface area (Å²) in [6, 6.07) is 13.0. The monoisotopic (exact) mass is 458 g/mol. The largest absolute Gasteiger partial charge is 0.508 e. The lowest BCUT2D eigenvalue weighted by Gasteiger charge is -2.34. The molecule has 2 saturated heterocycles. The van der Waals surface area contributed by atoms with Gasteiger partial charge >= 0.3 is 0 Å². The van der Waals surface area contributed by atoms with Crippen LogP contribution in [-0.2, 0) is 6.54 Å². The summed E-state index contributed by atoms with van der Waals surface area (Å²) >= 11 is 5.98. The van der Waals surface area contributed by atoms with E-state index in [2.05, 4.69) is 27.7 Å². The maximum atomic E-state index is 12.3. The Labute approximate surface area is 194 Å². The Morgan fingerprint density at radius 3 is 2.53 bits per heavy atom. The molecule has 2 atom stereocenters. The highest BCUT2D eigenvalue weighted by atomic mass is 35.5. The van der Waals surface area contributed by atoms with Crippen molar-refractivity contribution >= 4 is 23.2 Å². The van der Waals surface area contributed by atoms with E-state index in [4.69, 9.17) is 11.6 Å². The molecule has 2 aromatic carbocycles. The molecular weight excluding hydrogens is 428 g/mol. The molecule has 172 valence electrons. The van der Waals surface area contributed by atoms with E-state index in [0.717, 1.165) is 37.5 Å². The van der Waals surface area contributed by atoms with Gasteiger partial charge in [-0.25, -0.2) is 0 Å². The van der Waals surface area contributed by atoms with Gasteiger partial charge in [0.15, 0.2) is 0 Å². The molecule has 0 saturated carbocycles. The summed E-state index contributed by atoms with van der Waals surface area (Å²) in [6.07, 6.45) is 1.50. The smallest absolute Gasteiger partial charge is 0.253 e. The van der Waals surface area contributed by atoms with Crippen molar-refractivity contribution in [3.63, 3.8) is 0 Å². The molecular formula is C24H31ClN4O3. The van der Waals surface area contributed by atoms with Crippen LogP contribution in [0, 0.1) is 0 Å². The number of likely N-dealkylation sites (tertiary alicyclic amines) is 1. The second-order valence-electron chi connectivity index (χ2n) is 8.70. The number of carbonyl (C=O) groups is 1.